The third-order valence-electron chi connectivity index (χ3n) is 9.45. The molecule has 6 rings (SSSR count). The van der Waals surface area contributed by atoms with Crippen molar-refractivity contribution in [3.8, 4) is 45.8 Å². The third-order valence-corrected chi connectivity index (χ3v) is 9.45. The molecule has 3 aromatic carbocycles. The van der Waals surface area contributed by atoms with Gasteiger partial charge in [-0.05, 0) is 48.0 Å². The zero-order valence-corrected chi connectivity index (χ0v) is 29.0. The molecule has 0 saturated carbocycles. The molecule has 18 heteroatoms. The molecule has 2 saturated heterocycles. The molecule has 55 heavy (non-hydrogen) atoms. The number of aliphatic hydroxyl groups is 6. The Morgan fingerprint density at radius 3 is 2.09 bits per heavy atom. The summed E-state index contributed by atoms with van der Waals surface area (Å²) in [5, 5.41) is 107. The number of phenols is 4. The van der Waals surface area contributed by atoms with Gasteiger partial charge in [0.2, 0.25) is 5.75 Å². The first-order valence-corrected chi connectivity index (χ1v) is 16.7. The molecule has 0 radical (unpaired) electrons. The fourth-order valence-corrected chi connectivity index (χ4v) is 6.57. The predicted octanol–water partition coefficient (Wildman–Crippen LogP) is 0.233. The van der Waals surface area contributed by atoms with Gasteiger partial charge in [0.15, 0.2) is 28.6 Å². The maximum Gasteiger partial charge on any atom is 0.331 e. The third kappa shape index (κ3) is 7.24. The Hall–Kier alpha value is -5.44. The van der Waals surface area contributed by atoms with Crippen molar-refractivity contribution in [2.24, 2.45) is 0 Å². The van der Waals surface area contributed by atoms with E-state index in [4.69, 9.17) is 28.1 Å². The fraction of sp³-hybridized carbons (Fsp3) is 0.351. The highest BCUT2D eigenvalue weighted by atomic mass is 16.6. The summed E-state index contributed by atoms with van der Waals surface area (Å²) in [6.07, 6.45) is -14.4. The van der Waals surface area contributed by atoms with E-state index in [1.165, 1.54) is 56.7 Å². The summed E-state index contributed by atoms with van der Waals surface area (Å²) in [4.78, 5) is 27.1. The summed E-state index contributed by atoms with van der Waals surface area (Å²) >= 11 is 0. The first-order valence-electron chi connectivity index (χ1n) is 16.7. The Morgan fingerprint density at radius 2 is 1.47 bits per heavy atom. The molecule has 2 aliphatic rings. The van der Waals surface area contributed by atoms with Gasteiger partial charge in [0, 0.05) is 17.7 Å². The molecule has 2 aliphatic heterocycles. The van der Waals surface area contributed by atoms with Crippen molar-refractivity contribution in [2.45, 2.75) is 54.9 Å². The Kier molecular flexibility index (Phi) is 11.2. The van der Waals surface area contributed by atoms with Gasteiger partial charge in [-0.1, -0.05) is 0 Å². The lowest BCUT2D eigenvalue weighted by Crippen LogP contribution is -2.55. The van der Waals surface area contributed by atoms with E-state index < -0.39 is 113 Å². The molecule has 0 aliphatic carbocycles. The minimum atomic E-state index is -2.07. The van der Waals surface area contributed by atoms with E-state index in [2.05, 4.69) is 0 Å². The van der Waals surface area contributed by atoms with Crippen molar-refractivity contribution in [1.29, 1.82) is 0 Å². The number of aromatic hydroxyl groups is 4. The highest BCUT2D eigenvalue weighted by Gasteiger charge is 2.49. The quantitative estimate of drug-likeness (QED) is 0.0805. The number of ether oxygens (including phenoxy) is 5. The van der Waals surface area contributed by atoms with Crippen molar-refractivity contribution in [3.63, 3.8) is 0 Å². The van der Waals surface area contributed by atoms with Gasteiger partial charge in [-0.3, -0.25) is 4.79 Å². The number of fused-ring (bicyclic) bond motifs is 1. The summed E-state index contributed by atoms with van der Waals surface area (Å²) in [7, 11) is 2.60. The van der Waals surface area contributed by atoms with Gasteiger partial charge < -0.3 is 79.2 Å². The van der Waals surface area contributed by atoms with E-state index in [9.17, 15) is 60.7 Å². The molecular formula is C37H38O18. The van der Waals surface area contributed by atoms with E-state index in [1.54, 1.807) is 0 Å². The number of rotatable bonds is 9. The van der Waals surface area contributed by atoms with Gasteiger partial charge in [0.1, 0.15) is 77.2 Å². The SMILES string of the molecule is COc1cc(C=CC(=O)O[C@@H]2[C@@H](O)[C@@H](O)CO[C@H]2c2c(O)c([C@@H]3O[C@H](CO)[C@H](O)[C@H](O)[C@H]3O)c(O)c3c(=O)cc(-c4ccc(O)cc4)oc23)cc(OC)c1O. The van der Waals surface area contributed by atoms with Gasteiger partial charge in [-0.2, -0.15) is 0 Å². The molecule has 294 valence electrons. The van der Waals surface area contributed by atoms with E-state index in [-0.39, 0.29) is 34.3 Å². The molecule has 3 heterocycles. The molecule has 0 amide bonds. The Labute approximate surface area is 310 Å². The standard InChI is InChI=1S/C37H38O18/c1-50-20-9-14(10-21(51-2)28(20)44)3-8-23(42)55-37-27(43)18(41)13-52-36(37)26-31(47)25(35-33(49)32(48)29(45)22(12-38)54-35)30(46)24-17(40)11-19(53-34(24)26)15-4-6-16(39)7-5-15/h3-11,18,22,27,29,32-33,35-39,41,43-49H,12-13H2,1-2H3/t18-,22+,27-,29-,32-,33+,35-,36-,37+/m0/s1. The highest BCUT2D eigenvalue weighted by Crippen LogP contribution is 2.51. The van der Waals surface area contributed by atoms with Crippen LogP contribution in [0.4, 0.5) is 0 Å². The molecule has 9 atom stereocenters. The number of phenolic OH excluding ortho intramolecular Hbond substituents is 4. The minimum absolute atomic E-state index is 0.0183. The number of benzene rings is 3. The van der Waals surface area contributed by atoms with Gasteiger partial charge in [0.25, 0.3) is 0 Å². The van der Waals surface area contributed by atoms with Gasteiger partial charge >= 0.3 is 5.97 Å². The van der Waals surface area contributed by atoms with E-state index in [1.807, 2.05) is 0 Å². The van der Waals surface area contributed by atoms with Crippen LogP contribution < -0.4 is 14.9 Å². The molecule has 4 aromatic rings. The average molecular weight is 771 g/mol. The van der Waals surface area contributed by atoms with Crippen molar-refractivity contribution >= 4 is 23.0 Å². The number of hydrogen-bond acceptors (Lipinski definition) is 18. The van der Waals surface area contributed by atoms with Crippen LogP contribution in [0.2, 0.25) is 0 Å². The molecular weight excluding hydrogens is 732 g/mol. The highest BCUT2D eigenvalue weighted by molar-refractivity contribution is 5.92. The lowest BCUT2D eigenvalue weighted by atomic mass is 9.85. The Balaban J connectivity index is 1.52. The van der Waals surface area contributed by atoms with Crippen LogP contribution in [0.15, 0.2) is 57.8 Å². The Bertz CT molecular complexity index is 2120. The number of aliphatic hydroxyl groups excluding tert-OH is 6. The first-order chi connectivity index (χ1) is 26.2. The van der Waals surface area contributed by atoms with Crippen LogP contribution in [0, 0.1) is 0 Å². The minimum Gasteiger partial charge on any atom is -0.508 e. The monoisotopic (exact) mass is 770 g/mol. The van der Waals surface area contributed by atoms with Crippen LogP contribution in [-0.2, 0) is 19.0 Å². The fourth-order valence-electron chi connectivity index (χ4n) is 6.57. The van der Waals surface area contributed by atoms with E-state index in [0.717, 1.165) is 12.1 Å². The summed E-state index contributed by atoms with van der Waals surface area (Å²) in [6.45, 7) is -1.51. The van der Waals surface area contributed by atoms with Gasteiger partial charge in [-0.15, -0.1) is 0 Å². The molecule has 18 nitrogen and oxygen atoms in total. The molecule has 2 fully saturated rings. The lowest BCUT2D eigenvalue weighted by Gasteiger charge is -2.41. The van der Waals surface area contributed by atoms with Crippen LogP contribution in [-0.4, -0.2) is 127 Å². The van der Waals surface area contributed by atoms with Crippen LogP contribution >= 0.6 is 0 Å². The number of hydrogen-bond donors (Lipinski definition) is 10. The summed E-state index contributed by atoms with van der Waals surface area (Å²) in [6, 6.07) is 9.12. The maximum absolute atomic E-state index is 13.8. The topological polar surface area (TPSA) is 296 Å². The average Bonchev–Trinajstić information content (AvgIpc) is 3.16. The normalized spacial score (nSPS) is 26.9. The molecule has 0 unspecified atom stereocenters. The number of esters is 1. The van der Waals surface area contributed by atoms with Crippen LogP contribution in [0.25, 0.3) is 28.4 Å². The number of methoxy groups -OCH3 is 2. The summed E-state index contributed by atoms with van der Waals surface area (Å²) in [5.41, 5.74) is -2.22. The predicted molar refractivity (Wildman–Crippen MR) is 186 cm³/mol. The zero-order valence-electron chi connectivity index (χ0n) is 29.0. The lowest BCUT2D eigenvalue weighted by molar-refractivity contribution is -0.232. The summed E-state index contributed by atoms with van der Waals surface area (Å²) < 4.78 is 33.4. The zero-order chi connectivity index (χ0) is 39.9. The van der Waals surface area contributed by atoms with E-state index >= 15 is 0 Å². The van der Waals surface area contributed by atoms with Crippen molar-refractivity contribution in [2.75, 3.05) is 27.4 Å². The summed E-state index contributed by atoms with van der Waals surface area (Å²) in [5.74, 6) is -3.65. The van der Waals surface area contributed by atoms with Gasteiger partial charge in [-0.25, -0.2) is 4.79 Å². The number of carbonyl (C=O) groups excluding carboxylic acids is 1. The van der Waals surface area contributed by atoms with Crippen LogP contribution in [0.3, 0.4) is 0 Å². The van der Waals surface area contributed by atoms with Crippen molar-refractivity contribution < 1.29 is 84.0 Å². The van der Waals surface area contributed by atoms with Crippen LogP contribution in [0.5, 0.6) is 34.5 Å². The van der Waals surface area contributed by atoms with Crippen LogP contribution in [0.1, 0.15) is 28.9 Å². The smallest absolute Gasteiger partial charge is 0.331 e. The largest absolute Gasteiger partial charge is 0.508 e. The molecule has 0 spiro atoms. The first kappa shape index (κ1) is 39.3. The Morgan fingerprint density at radius 1 is 0.818 bits per heavy atom. The van der Waals surface area contributed by atoms with Crippen molar-refractivity contribution in [1.82, 2.24) is 0 Å². The number of carbonyl (C=O) groups is 1. The molecule has 1 aromatic heterocycles. The van der Waals surface area contributed by atoms with Gasteiger partial charge in [0.05, 0.1) is 38.6 Å². The second kappa shape index (κ2) is 15.7. The van der Waals surface area contributed by atoms with Crippen molar-refractivity contribution in [3.05, 3.63) is 75.5 Å². The second-order valence-electron chi connectivity index (χ2n) is 12.8. The maximum atomic E-state index is 13.8. The molecule has 10 N–H and O–H groups in total. The second-order valence-corrected chi connectivity index (χ2v) is 12.8. The molecule has 0 bridgehead atoms. The van der Waals surface area contributed by atoms with E-state index in [0.29, 0.717) is 5.56 Å².